The van der Waals surface area contributed by atoms with Crippen molar-refractivity contribution in [1.82, 2.24) is 5.32 Å². The van der Waals surface area contributed by atoms with Gasteiger partial charge in [-0.25, -0.2) is 0 Å². The highest BCUT2D eigenvalue weighted by Crippen LogP contribution is 2.27. The van der Waals surface area contributed by atoms with E-state index in [9.17, 15) is 10.1 Å². The summed E-state index contributed by atoms with van der Waals surface area (Å²) >= 11 is 0. The van der Waals surface area contributed by atoms with Crippen LogP contribution in [-0.4, -0.2) is 18.1 Å². The molecule has 0 aromatic heterocycles. The van der Waals surface area contributed by atoms with E-state index in [-0.39, 0.29) is 18.0 Å². The maximum atomic E-state index is 11.1. The van der Waals surface area contributed by atoms with Gasteiger partial charge in [-0.15, -0.1) is 5.92 Å². The zero-order chi connectivity index (χ0) is 15.0. The summed E-state index contributed by atoms with van der Waals surface area (Å²) in [7, 11) is 0. The molecule has 0 bridgehead atoms. The lowest BCUT2D eigenvalue weighted by molar-refractivity contribution is -0.385. The number of nitro groups is 1. The van der Waals surface area contributed by atoms with Gasteiger partial charge in [0.2, 0.25) is 0 Å². The summed E-state index contributed by atoms with van der Waals surface area (Å²) in [6.45, 7) is 7.55. The SMILES string of the molecule is CC#CCOc1ccc(CNCC(C)C)cc1[N+](=O)[O-]. The average molecular weight is 276 g/mol. The van der Waals surface area contributed by atoms with Gasteiger partial charge in [0.25, 0.3) is 0 Å². The van der Waals surface area contributed by atoms with Crippen molar-refractivity contribution >= 4 is 5.69 Å². The Morgan fingerprint density at radius 3 is 2.80 bits per heavy atom. The Morgan fingerprint density at radius 1 is 1.45 bits per heavy atom. The molecule has 0 atom stereocenters. The van der Waals surface area contributed by atoms with Gasteiger partial charge in [0, 0.05) is 12.6 Å². The van der Waals surface area contributed by atoms with Gasteiger partial charge in [0.15, 0.2) is 5.75 Å². The van der Waals surface area contributed by atoms with Crippen molar-refractivity contribution in [2.24, 2.45) is 5.92 Å². The molecule has 0 aliphatic heterocycles. The van der Waals surface area contributed by atoms with Crippen LogP contribution in [0.4, 0.5) is 5.69 Å². The molecule has 0 aliphatic rings. The lowest BCUT2D eigenvalue weighted by atomic mass is 10.1. The van der Waals surface area contributed by atoms with Gasteiger partial charge >= 0.3 is 5.69 Å². The van der Waals surface area contributed by atoms with Gasteiger partial charge in [-0.3, -0.25) is 10.1 Å². The number of nitrogens with one attached hydrogen (secondary N) is 1. The molecule has 0 spiro atoms. The highest BCUT2D eigenvalue weighted by Gasteiger charge is 2.15. The Hall–Kier alpha value is -2.06. The predicted molar refractivity (Wildman–Crippen MR) is 78.6 cm³/mol. The Balaban J connectivity index is 2.77. The molecule has 0 saturated heterocycles. The second-order valence-corrected chi connectivity index (χ2v) is 4.80. The number of nitro benzene ring substituents is 1. The van der Waals surface area contributed by atoms with Crippen LogP contribution in [0.15, 0.2) is 18.2 Å². The van der Waals surface area contributed by atoms with E-state index in [0.29, 0.717) is 12.5 Å². The van der Waals surface area contributed by atoms with E-state index >= 15 is 0 Å². The molecule has 0 fully saturated rings. The summed E-state index contributed by atoms with van der Waals surface area (Å²) in [5.41, 5.74) is 0.845. The average Bonchev–Trinajstić information content (AvgIpc) is 2.39. The number of ether oxygens (including phenoxy) is 1. The molecule has 0 amide bonds. The normalized spacial score (nSPS) is 10.0. The molecule has 0 aliphatic carbocycles. The van der Waals surface area contributed by atoms with Gasteiger partial charge in [-0.2, -0.15) is 0 Å². The van der Waals surface area contributed by atoms with Gasteiger partial charge in [0.1, 0.15) is 6.61 Å². The minimum Gasteiger partial charge on any atom is -0.474 e. The molecule has 0 unspecified atom stereocenters. The molecule has 1 rings (SSSR count). The first-order valence-corrected chi connectivity index (χ1v) is 6.55. The smallest absolute Gasteiger partial charge is 0.311 e. The molecule has 5 nitrogen and oxygen atoms in total. The molecule has 1 N–H and O–H groups in total. The summed E-state index contributed by atoms with van der Waals surface area (Å²) in [6, 6.07) is 5.00. The first kappa shape index (κ1) is 16.0. The van der Waals surface area contributed by atoms with Crippen molar-refractivity contribution in [1.29, 1.82) is 0 Å². The number of rotatable bonds is 7. The first-order valence-electron chi connectivity index (χ1n) is 6.55. The van der Waals surface area contributed by atoms with E-state index in [1.54, 1.807) is 19.1 Å². The second-order valence-electron chi connectivity index (χ2n) is 4.80. The number of nitrogens with zero attached hydrogens (tertiary/aromatic N) is 1. The molecule has 0 radical (unpaired) electrons. The molecular formula is C15H20N2O3. The lowest BCUT2D eigenvalue weighted by Gasteiger charge is -2.09. The summed E-state index contributed by atoms with van der Waals surface area (Å²) < 4.78 is 5.30. The molecule has 5 heteroatoms. The fourth-order valence-corrected chi connectivity index (χ4v) is 1.63. The maximum Gasteiger partial charge on any atom is 0.311 e. The van der Waals surface area contributed by atoms with Crippen molar-refractivity contribution in [3.8, 4) is 17.6 Å². The summed E-state index contributed by atoms with van der Waals surface area (Å²) in [5.74, 6) is 6.20. The van der Waals surface area contributed by atoms with E-state index in [4.69, 9.17) is 4.74 Å². The molecule has 1 aromatic rings. The fraction of sp³-hybridized carbons (Fsp3) is 0.467. The molecule has 0 heterocycles. The van der Waals surface area contributed by atoms with E-state index in [1.807, 2.05) is 6.07 Å². The van der Waals surface area contributed by atoms with Crippen LogP contribution >= 0.6 is 0 Å². The minimum absolute atomic E-state index is 0.0215. The molecule has 108 valence electrons. The van der Waals surface area contributed by atoms with E-state index in [2.05, 4.69) is 31.0 Å². The zero-order valence-electron chi connectivity index (χ0n) is 12.1. The van der Waals surface area contributed by atoms with Crippen LogP contribution < -0.4 is 10.1 Å². The number of hydrogen-bond acceptors (Lipinski definition) is 4. The van der Waals surface area contributed by atoms with E-state index in [0.717, 1.165) is 12.1 Å². The van der Waals surface area contributed by atoms with Gasteiger partial charge < -0.3 is 10.1 Å². The van der Waals surface area contributed by atoms with Crippen LogP contribution in [0, 0.1) is 27.9 Å². The van der Waals surface area contributed by atoms with Crippen LogP contribution in [0.3, 0.4) is 0 Å². The molecular weight excluding hydrogens is 256 g/mol. The van der Waals surface area contributed by atoms with Crippen molar-refractivity contribution in [2.45, 2.75) is 27.3 Å². The quantitative estimate of drug-likeness (QED) is 0.472. The van der Waals surface area contributed by atoms with Crippen LogP contribution in [0.1, 0.15) is 26.3 Å². The van der Waals surface area contributed by atoms with Crippen LogP contribution in [0.25, 0.3) is 0 Å². The molecule has 0 saturated carbocycles. The molecule has 1 aromatic carbocycles. The Labute approximate surface area is 119 Å². The van der Waals surface area contributed by atoms with Crippen LogP contribution in [0.5, 0.6) is 5.75 Å². The van der Waals surface area contributed by atoms with Crippen molar-refractivity contribution in [3.05, 3.63) is 33.9 Å². The molecule has 20 heavy (non-hydrogen) atoms. The number of hydrogen-bond donors (Lipinski definition) is 1. The summed E-state index contributed by atoms with van der Waals surface area (Å²) in [4.78, 5) is 10.6. The Morgan fingerprint density at radius 2 is 2.20 bits per heavy atom. The summed E-state index contributed by atoms with van der Waals surface area (Å²) in [5, 5.41) is 14.3. The largest absolute Gasteiger partial charge is 0.474 e. The lowest BCUT2D eigenvalue weighted by Crippen LogP contribution is -2.19. The number of benzene rings is 1. The second kappa shape index (κ2) is 8.18. The third-order valence-electron chi connectivity index (χ3n) is 2.58. The van der Waals surface area contributed by atoms with E-state index in [1.165, 1.54) is 0 Å². The highest BCUT2D eigenvalue weighted by molar-refractivity contribution is 5.48. The first-order chi connectivity index (χ1) is 9.54. The van der Waals surface area contributed by atoms with Crippen LogP contribution in [-0.2, 0) is 6.54 Å². The standard InChI is InChI=1S/C15H20N2O3/c1-4-5-8-20-15-7-6-13(9-14(15)17(18)19)11-16-10-12(2)3/h6-7,9,12,16H,8,10-11H2,1-3H3. The predicted octanol–water partition coefficient (Wildman–Crippen LogP) is 2.74. The summed E-state index contributed by atoms with van der Waals surface area (Å²) in [6.07, 6.45) is 0. The van der Waals surface area contributed by atoms with Gasteiger partial charge in [-0.05, 0) is 31.0 Å². The highest BCUT2D eigenvalue weighted by atomic mass is 16.6. The zero-order valence-corrected chi connectivity index (χ0v) is 12.1. The van der Waals surface area contributed by atoms with Crippen molar-refractivity contribution in [3.63, 3.8) is 0 Å². The van der Waals surface area contributed by atoms with Crippen LogP contribution in [0.2, 0.25) is 0 Å². The van der Waals surface area contributed by atoms with Gasteiger partial charge in [-0.1, -0.05) is 25.8 Å². The topological polar surface area (TPSA) is 64.4 Å². The monoisotopic (exact) mass is 276 g/mol. The van der Waals surface area contributed by atoms with Crippen molar-refractivity contribution < 1.29 is 9.66 Å². The third kappa shape index (κ3) is 5.29. The fourth-order valence-electron chi connectivity index (χ4n) is 1.63. The Kier molecular flexibility index (Phi) is 6.54. The van der Waals surface area contributed by atoms with E-state index < -0.39 is 4.92 Å². The minimum atomic E-state index is -0.430. The van der Waals surface area contributed by atoms with Crippen molar-refractivity contribution in [2.75, 3.05) is 13.2 Å². The van der Waals surface area contributed by atoms with Gasteiger partial charge in [0.05, 0.1) is 4.92 Å². The maximum absolute atomic E-state index is 11.1. The third-order valence-corrected chi connectivity index (χ3v) is 2.58. The Bertz CT molecular complexity index is 516.